The second-order valence-corrected chi connectivity index (χ2v) is 6.47. The second-order valence-electron chi connectivity index (χ2n) is 6.47. The number of halogens is 1. The molecule has 0 spiro atoms. The van der Waals surface area contributed by atoms with Gasteiger partial charge in [-0.25, -0.2) is 9.37 Å². The average Bonchev–Trinajstić information content (AvgIpc) is 2.74. The van der Waals surface area contributed by atoms with Gasteiger partial charge in [-0.05, 0) is 36.4 Å². The van der Waals surface area contributed by atoms with E-state index in [9.17, 15) is 14.0 Å². The van der Waals surface area contributed by atoms with Gasteiger partial charge < -0.3 is 14.8 Å². The molecule has 1 saturated heterocycles. The minimum atomic E-state index is -0.472. The molecule has 0 atom stereocenters. The van der Waals surface area contributed by atoms with E-state index in [1.807, 2.05) is 0 Å². The maximum absolute atomic E-state index is 13.1. The summed E-state index contributed by atoms with van der Waals surface area (Å²) in [6.45, 7) is 2.16. The molecular formula is C20H18FN5O2. The number of hydrogen-bond donors (Lipinski definition) is 1. The van der Waals surface area contributed by atoms with Crippen LogP contribution < -0.4 is 10.5 Å². The Morgan fingerprint density at radius 1 is 1.04 bits per heavy atom. The van der Waals surface area contributed by atoms with Gasteiger partial charge in [-0.3, -0.25) is 14.6 Å². The molecule has 0 aliphatic carbocycles. The maximum Gasteiger partial charge on any atom is 0.264 e. The third-order valence-electron chi connectivity index (χ3n) is 4.72. The van der Waals surface area contributed by atoms with Crippen LogP contribution in [0.5, 0.6) is 0 Å². The Balaban J connectivity index is 1.45. The number of benzene rings is 1. The quantitative estimate of drug-likeness (QED) is 0.752. The average molecular weight is 379 g/mol. The third kappa shape index (κ3) is 3.62. The van der Waals surface area contributed by atoms with E-state index in [0.717, 1.165) is 5.69 Å². The lowest BCUT2D eigenvalue weighted by Crippen LogP contribution is -2.49. The summed E-state index contributed by atoms with van der Waals surface area (Å²) in [5, 5.41) is 0. The Labute approximate surface area is 160 Å². The predicted octanol–water partition coefficient (Wildman–Crippen LogP) is 1.93. The van der Waals surface area contributed by atoms with Crippen molar-refractivity contribution in [1.29, 1.82) is 0 Å². The van der Waals surface area contributed by atoms with Crippen molar-refractivity contribution >= 4 is 11.6 Å². The molecule has 8 heteroatoms. The van der Waals surface area contributed by atoms with E-state index >= 15 is 0 Å². The monoisotopic (exact) mass is 379 g/mol. The second kappa shape index (κ2) is 7.59. The molecule has 142 valence electrons. The van der Waals surface area contributed by atoms with Gasteiger partial charge in [-0.15, -0.1) is 0 Å². The molecule has 1 N–H and O–H groups in total. The molecule has 4 rings (SSSR count). The lowest BCUT2D eigenvalue weighted by Gasteiger charge is -2.36. The minimum absolute atomic E-state index is 0.0165. The molecule has 0 radical (unpaired) electrons. The van der Waals surface area contributed by atoms with Crippen molar-refractivity contribution in [2.75, 3.05) is 31.1 Å². The topological polar surface area (TPSA) is 82.2 Å². The fourth-order valence-electron chi connectivity index (χ4n) is 3.19. The van der Waals surface area contributed by atoms with Crippen LogP contribution in [0.4, 0.5) is 10.1 Å². The fraction of sp³-hybridized carbons (Fsp3) is 0.200. The van der Waals surface area contributed by atoms with Gasteiger partial charge in [0.15, 0.2) is 0 Å². The smallest absolute Gasteiger partial charge is 0.264 e. The van der Waals surface area contributed by atoms with E-state index < -0.39 is 5.56 Å². The molecule has 0 saturated carbocycles. The zero-order chi connectivity index (χ0) is 19.5. The molecule has 1 aromatic carbocycles. The standard InChI is InChI=1S/C20H18FN5O2/c21-15-3-5-16(6-4-15)25-8-10-26(11-9-25)20(28)17-13-23-18(24-19(17)27)14-2-1-7-22-12-14/h1-7,12-13H,8-11H2,(H,23,24,27). The van der Waals surface area contributed by atoms with Crippen molar-refractivity contribution in [2.24, 2.45) is 0 Å². The molecule has 2 aromatic heterocycles. The highest BCUT2D eigenvalue weighted by atomic mass is 19.1. The molecule has 1 aliphatic rings. The zero-order valence-electron chi connectivity index (χ0n) is 15.0. The number of rotatable bonds is 3. The van der Waals surface area contributed by atoms with Crippen molar-refractivity contribution in [1.82, 2.24) is 19.9 Å². The first-order valence-electron chi connectivity index (χ1n) is 8.91. The van der Waals surface area contributed by atoms with E-state index in [0.29, 0.717) is 37.6 Å². The van der Waals surface area contributed by atoms with Gasteiger partial charge in [-0.2, -0.15) is 0 Å². The largest absolute Gasteiger partial charge is 0.368 e. The van der Waals surface area contributed by atoms with Gasteiger partial charge in [0.2, 0.25) is 0 Å². The summed E-state index contributed by atoms with van der Waals surface area (Å²) in [6.07, 6.45) is 4.54. The summed E-state index contributed by atoms with van der Waals surface area (Å²) in [5.41, 5.74) is 1.13. The van der Waals surface area contributed by atoms with Gasteiger partial charge in [0.25, 0.3) is 11.5 Å². The number of nitrogens with zero attached hydrogens (tertiary/aromatic N) is 4. The molecule has 3 aromatic rings. The maximum atomic E-state index is 13.1. The van der Waals surface area contributed by atoms with Crippen LogP contribution in [0.25, 0.3) is 11.4 Å². The SMILES string of the molecule is O=C(c1cnc(-c2cccnc2)[nH]c1=O)N1CCN(c2ccc(F)cc2)CC1. The van der Waals surface area contributed by atoms with Crippen molar-refractivity contribution in [3.63, 3.8) is 0 Å². The number of piperazine rings is 1. The van der Waals surface area contributed by atoms with Crippen LogP contribution in [-0.4, -0.2) is 51.9 Å². The zero-order valence-corrected chi connectivity index (χ0v) is 15.0. The summed E-state index contributed by atoms with van der Waals surface area (Å²) < 4.78 is 13.1. The first-order chi connectivity index (χ1) is 13.6. The number of pyridine rings is 1. The summed E-state index contributed by atoms with van der Waals surface area (Å²) in [5.74, 6) is -0.250. The van der Waals surface area contributed by atoms with Crippen LogP contribution in [0.15, 0.2) is 59.8 Å². The van der Waals surface area contributed by atoms with E-state index in [2.05, 4.69) is 19.9 Å². The number of amides is 1. The molecular weight excluding hydrogens is 361 g/mol. The Kier molecular flexibility index (Phi) is 4.84. The summed E-state index contributed by atoms with van der Waals surface area (Å²) in [4.78, 5) is 39.7. The number of carbonyl (C=O) groups is 1. The highest BCUT2D eigenvalue weighted by Crippen LogP contribution is 2.18. The normalized spacial score (nSPS) is 14.2. The number of carbonyl (C=O) groups excluding carboxylic acids is 1. The Bertz CT molecular complexity index is 1030. The lowest BCUT2D eigenvalue weighted by molar-refractivity contribution is 0.0744. The molecule has 7 nitrogen and oxygen atoms in total. The Morgan fingerprint density at radius 3 is 2.43 bits per heavy atom. The van der Waals surface area contributed by atoms with Crippen LogP contribution in [0.3, 0.4) is 0 Å². The molecule has 0 bridgehead atoms. The van der Waals surface area contributed by atoms with Gasteiger partial charge >= 0.3 is 0 Å². The van der Waals surface area contributed by atoms with Crippen molar-refractivity contribution < 1.29 is 9.18 Å². The third-order valence-corrected chi connectivity index (χ3v) is 4.72. The fourth-order valence-corrected chi connectivity index (χ4v) is 3.19. The molecule has 0 unspecified atom stereocenters. The predicted molar refractivity (Wildman–Crippen MR) is 103 cm³/mol. The van der Waals surface area contributed by atoms with Gasteiger partial charge in [-0.1, -0.05) is 0 Å². The van der Waals surface area contributed by atoms with Gasteiger partial charge in [0.1, 0.15) is 17.2 Å². The lowest BCUT2D eigenvalue weighted by atomic mass is 10.2. The number of aromatic nitrogens is 3. The van der Waals surface area contributed by atoms with Crippen molar-refractivity contribution in [3.8, 4) is 11.4 Å². The van der Waals surface area contributed by atoms with E-state index in [-0.39, 0.29) is 17.3 Å². The molecule has 28 heavy (non-hydrogen) atoms. The molecule has 1 aliphatic heterocycles. The Hall–Kier alpha value is -3.55. The summed E-state index contributed by atoms with van der Waals surface area (Å²) in [7, 11) is 0. The number of H-pyrrole nitrogens is 1. The van der Waals surface area contributed by atoms with Crippen LogP contribution in [0.2, 0.25) is 0 Å². The van der Waals surface area contributed by atoms with Crippen LogP contribution in [-0.2, 0) is 0 Å². The van der Waals surface area contributed by atoms with Crippen LogP contribution in [0, 0.1) is 5.82 Å². The van der Waals surface area contributed by atoms with E-state index in [4.69, 9.17) is 0 Å². The minimum Gasteiger partial charge on any atom is -0.368 e. The van der Waals surface area contributed by atoms with Gasteiger partial charge in [0.05, 0.1) is 0 Å². The van der Waals surface area contributed by atoms with E-state index in [1.54, 1.807) is 41.6 Å². The molecule has 3 heterocycles. The Morgan fingerprint density at radius 2 is 1.79 bits per heavy atom. The molecule has 1 fully saturated rings. The summed E-state index contributed by atoms with van der Waals surface area (Å²) in [6, 6.07) is 9.80. The van der Waals surface area contributed by atoms with Gasteiger partial charge in [0, 0.05) is 56.0 Å². The summed E-state index contributed by atoms with van der Waals surface area (Å²) >= 11 is 0. The number of aromatic amines is 1. The van der Waals surface area contributed by atoms with Crippen LogP contribution in [0.1, 0.15) is 10.4 Å². The number of nitrogens with one attached hydrogen (secondary N) is 1. The van der Waals surface area contributed by atoms with Crippen molar-refractivity contribution in [2.45, 2.75) is 0 Å². The van der Waals surface area contributed by atoms with E-state index in [1.165, 1.54) is 18.3 Å². The first-order valence-corrected chi connectivity index (χ1v) is 8.91. The van der Waals surface area contributed by atoms with Crippen molar-refractivity contribution in [3.05, 3.63) is 76.7 Å². The molecule has 1 amide bonds. The number of hydrogen-bond acceptors (Lipinski definition) is 5. The first kappa shape index (κ1) is 17.8. The number of anilines is 1. The highest BCUT2D eigenvalue weighted by Gasteiger charge is 2.24. The van der Waals surface area contributed by atoms with Crippen LogP contribution >= 0.6 is 0 Å². The highest BCUT2D eigenvalue weighted by molar-refractivity contribution is 5.93.